The summed E-state index contributed by atoms with van der Waals surface area (Å²) in [6, 6.07) is 12.8. The minimum absolute atomic E-state index is 0.146. The largest absolute Gasteiger partial charge is 0.391 e. The van der Waals surface area contributed by atoms with Gasteiger partial charge in [-0.3, -0.25) is 9.58 Å². The molecule has 1 aromatic carbocycles. The molecule has 2 heterocycles. The lowest BCUT2D eigenvalue weighted by Crippen LogP contribution is -2.36. The number of likely N-dealkylation sites (tertiary alicyclic amines) is 1. The van der Waals surface area contributed by atoms with Gasteiger partial charge in [0.25, 0.3) is 0 Å². The Bertz CT molecular complexity index is 598. The first-order chi connectivity index (χ1) is 10.8. The molecule has 1 N–H and O–H groups in total. The normalized spacial score (nSPS) is 32.0. The van der Waals surface area contributed by atoms with E-state index in [1.165, 1.54) is 5.56 Å². The van der Waals surface area contributed by atoms with Gasteiger partial charge in [0, 0.05) is 32.0 Å². The highest BCUT2D eigenvalue weighted by molar-refractivity contribution is 5.15. The van der Waals surface area contributed by atoms with Crippen LogP contribution < -0.4 is 0 Å². The molecule has 1 aliphatic carbocycles. The Labute approximate surface area is 131 Å². The lowest BCUT2D eigenvalue weighted by atomic mass is 9.77. The van der Waals surface area contributed by atoms with Crippen molar-refractivity contribution in [2.45, 2.75) is 31.5 Å². The molecule has 4 rings (SSSR count). The molecule has 2 fully saturated rings. The van der Waals surface area contributed by atoms with E-state index in [4.69, 9.17) is 0 Å². The SMILES string of the molecule is O[C@H]1C[C@@H]2CN(Cc3ccccc3)C[C@@H]2C[C@@H]1n1cccn1. The fourth-order valence-electron chi connectivity index (χ4n) is 4.24. The van der Waals surface area contributed by atoms with Gasteiger partial charge in [-0.2, -0.15) is 5.10 Å². The molecule has 0 spiro atoms. The first-order valence-electron chi connectivity index (χ1n) is 8.23. The van der Waals surface area contributed by atoms with Gasteiger partial charge in [0.15, 0.2) is 0 Å². The van der Waals surface area contributed by atoms with Gasteiger partial charge in [-0.1, -0.05) is 30.3 Å². The zero-order chi connectivity index (χ0) is 14.9. The molecule has 4 atom stereocenters. The number of benzene rings is 1. The maximum atomic E-state index is 10.5. The van der Waals surface area contributed by atoms with E-state index >= 15 is 0 Å². The van der Waals surface area contributed by atoms with Crippen LogP contribution in [0.4, 0.5) is 0 Å². The second-order valence-electron chi connectivity index (χ2n) is 6.79. The van der Waals surface area contributed by atoms with Crippen molar-refractivity contribution in [3.63, 3.8) is 0 Å². The van der Waals surface area contributed by atoms with Gasteiger partial charge in [0.1, 0.15) is 0 Å². The summed E-state index contributed by atoms with van der Waals surface area (Å²) in [6.07, 6.45) is 5.46. The average molecular weight is 297 g/mol. The molecule has 116 valence electrons. The summed E-state index contributed by atoms with van der Waals surface area (Å²) in [5.41, 5.74) is 1.38. The van der Waals surface area contributed by atoms with Crippen molar-refractivity contribution >= 4 is 0 Å². The first-order valence-corrected chi connectivity index (χ1v) is 8.23. The molecule has 1 saturated heterocycles. The molecule has 0 bridgehead atoms. The van der Waals surface area contributed by atoms with E-state index in [2.05, 4.69) is 40.3 Å². The van der Waals surface area contributed by atoms with Crippen molar-refractivity contribution in [3.05, 3.63) is 54.4 Å². The summed E-state index contributed by atoms with van der Waals surface area (Å²) in [5.74, 6) is 1.31. The van der Waals surface area contributed by atoms with Crippen LogP contribution in [0.5, 0.6) is 0 Å². The molecule has 0 amide bonds. The van der Waals surface area contributed by atoms with Crippen molar-refractivity contribution in [1.82, 2.24) is 14.7 Å². The highest BCUT2D eigenvalue weighted by Crippen LogP contribution is 2.41. The molecule has 4 nitrogen and oxygen atoms in total. The Morgan fingerprint density at radius 3 is 2.55 bits per heavy atom. The summed E-state index contributed by atoms with van der Waals surface area (Å²) in [4.78, 5) is 2.54. The molecule has 2 aliphatic rings. The second kappa shape index (κ2) is 5.86. The smallest absolute Gasteiger partial charge is 0.0781 e. The predicted octanol–water partition coefficient (Wildman–Crippen LogP) is 2.33. The van der Waals surface area contributed by atoms with E-state index < -0.39 is 0 Å². The number of rotatable bonds is 3. The summed E-state index contributed by atoms with van der Waals surface area (Å²) in [6.45, 7) is 3.28. The van der Waals surface area contributed by atoms with Gasteiger partial charge in [0.05, 0.1) is 12.1 Å². The number of aliphatic hydroxyl groups excluding tert-OH is 1. The van der Waals surface area contributed by atoms with Crippen LogP contribution in [0.2, 0.25) is 0 Å². The van der Waals surface area contributed by atoms with Crippen molar-refractivity contribution in [3.8, 4) is 0 Å². The lowest BCUT2D eigenvalue weighted by Gasteiger charge is -2.35. The molecule has 0 radical (unpaired) electrons. The van der Waals surface area contributed by atoms with Crippen LogP contribution in [0.1, 0.15) is 24.4 Å². The van der Waals surface area contributed by atoms with E-state index in [1.807, 2.05) is 16.9 Å². The van der Waals surface area contributed by atoms with E-state index in [0.29, 0.717) is 11.8 Å². The van der Waals surface area contributed by atoms with Crippen molar-refractivity contribution < 1.29 is 5.11 Å². The quantitative estimate of drug-likeness (QED) is 0.945. The molecule has 2 aromatic rings. The number of aromatic nitrogens is 2. The zero-order valence-electron chi connectivity index (χ0n) is 12.8. The van der Waals surface area contributed by atoms with Gasteiger partial charge < -0.3 is 5.11 Å². The molecule has 0 unspecified atom stereocenters. The monoisotopic (exact) mass is 297 g/mol. The molecule has 22 heavy (non-hydrogen) atoms. The summed E-state index contributed by atoms with van der Waals surface area (Å²) < 4.78 is 1.95. The third-order valence-electron chi connectivity index (χ3n) is 5.30. The third-order valence-corrected chi connectivity index (χ3v) is 5.30. The minimum Gasteiger partial charge on any atom is -0.391 e. The Kier molecular flexibility index (Phi) is 3.72. The molecule has 4 heteroatoms. The van der Waals surface area contributed by atoms with Gasteiger partial charge in [0.2, 0.25) is 0 Å². The maximum Gasteiger partial charge on any atom is 0.0781 e. The zero-order valence-corrected chi connectivity index (χ0v) is 12.8. The Hall–Kier alpha value is -1.65. The third kappa shape index (κ3) is 2.69. The lowest BCUT2D eigenvalue weighted by molar-refractivity contribution is 0.0306. The van der Waals surface area contributed by atoms with Crippen LogP contribution in [-0.4, -0.2) is 39.0 Å². The standard InChI is InChI=1S/C18H23N3O/c22-18-10-16-13-20(11-14-5-2-1-3-6-14)12-15(16)9-17(18)21-8-4-7-19-21/h1-8,15-18,22H,9-13H2/t15-,16+,17-,18-/m0/s1. The van der Waals surface area contributed by atoms with Crippen LogP contribution in [0.15, 0.2) is 48.8 Å². The highest BCUT2D eigenvalue weighted by Gasteiger charge is 2.42. The molecule has 1 saturated carbocycles. The average Bonchev–Trinajstić information content (AvgIpc) is 3.16. The number of fused-ring (bicyclic) bond motifs is 1. The second-order valence-corrected chi connectivity index (χ2v) is 6.79. The van der Waals surface area contributed by atoms with Gasteiger partial charge in [-0.15, -0.1) is 0 Å². The summed E-state index contributed by atoms with van der Waals surface area (Å²) in [7, 11) is 0. The van der Waals surface area contributed by atoms with E-state index in [1.54, 1.807) is 6.20 Å². The number of aliphatic hydroxyl groups is 1. The van der Waals surface area contributed by atoms with Gasteiger partial charge >= 0.3 is 0 Å². The van der Waals surface area contributed by atoms with Crippen molar-refractivity contribution in [2.24, 2.45) is 11.8 Å². The fraction of sp³-hybridized carbons (Fsp3) is 0.500. The van der Waals surface area contributed by atoms with Gasteiger partial charge in [-0.05, 0) is 36.3 Å². The Balaban J connectivity index is 1.43. The van der Waals surface area contributed by atoms with Crippen LogP contribution in [0.25, 0.3) is 0 Å². The molecule has 1 aliphatic heterocycles. The number of hydrogen-bond donors (Lipinski definition) is 1. The molecular weight excluding hydrogens is 274 g/mol. The predicted molar refractivity (Wildman–Crippen MR) is 85.2 cm³/mol. The fourth-order valence-corrected chi connectivity index (χ4v) is 4.24. The molecular formula is C18H23N3O. The summed E-state index contributed by atoms with van der Waals surface area (Å²) in [5, 5.41) is 14.8. The topological polar surface area (TPSA) is 41.3 Å². The summed E-state index contributed by atoms with van der Waals surface area (Å²) >= 11 is 0. The van der Waals surface area contributed by atoms with Crippen molar-refractivity contribution in [2.75, 3.05) is 13.1 Å². The number of nitrogens with zero attached hydrogens (tertiary/aromatic N) is 3. The Morgan fingerprint density at radius 2 is 1.82 bits per heavy atom. The maximum absolute atomic E-state index is 10.5. The van der Waals surface area contributed by atoms with Crippen LogP contribution in [0.3, 0.4) is 0 Å². The van der Waals surface area contributed by atoms with E-state index in [0.717, 1.165) is 32.5 Å². The number of hydrogen-bond acceptors (Lipinski definition) is 3. The van der Waals surface area contributed by atoms with Crippen molar-refractivity contribution in [1.29, 1.82) is 0 Å². The van der Waals surface area contributed by atoms with Crippen LogP contribution in [-0.2, 0) is 6.54 Å². The van der Waals surface area contributed by atoms with Gasteiger partial charge in [-0.25, -0.2) is 0 Å². The van der Waals surface area contributed by atoms with E-state index in [9.17, 15) is 5.11 Å². The van der Waals surface area contributed by atoms with Crippen LogP contribution >= 0.6 is 0 Å². The minimum atomic E-state index is -0.266. The highest BCUT2D eigenvalue weighted by atomic mass is 16.3. The molecule has 1 aromatic heterocycles. The first kappa shape index (κ1) is 14.0. The van der Waals surface area contributed by atoms with Crippen LogP contribution in [0, 0.1) is 11.8 Å². The van der Waals surface area contributed by atoms with E-state index in [-0.39, 0.29) is 12.1 Å². The Morgan fingerprint density at radius 1 is 1.05 bits per heavy atom.